The molecule has 29 heavy (non-hydrogen) atoms. The first-order valence-electron chi connectivity index (χ1n) is 10.3. The van der Waals surface area contributed by atoms with E-state index in [-0.39, 0.29) is 0 Å². The molecule has 1 aromatic carbocycles. The van der Waals surface area contributed by atoms with Gasteiger partial charge in [-0.2, -0.15) is 0 Å². The van der Waals surface area contributed by atoms with Gasteiger partial charge in [0.2, 0.25) is 0 Å². The molecule has 2 N–H and O–H groups in total. The third kappa shape index (κ3) is 5.84. The normalized spacial score (nSPS) is 25.5. The fourth-order valence-corrected chi connectivity index (χ4v) is 4.83. The Kier molecular flexibility index (Phi) is 7.75. The van der Waals surface area contributed by atoms with Crippen LogP contribution in [0.4, 0.5) is 5.69 Å². The second-order valence-electron chi connectivity index (χ2n) is 8.14. The minimum atomic E-state index is 0.550. The van der Waals surface area contributed by atoms with E-state index in [1.165, 1.54) is 25.9 Å². The van der Waals surface area contributed by atoms with Gasteiger partial charge in [0, 0.05) is 56.1 Å². The van der Waals surface area contributed by atoms with E-state index in [0.29, 0.717) is 11.2 Å². The lowest BCUT2D eigenvalue weighted by Crippen LogP contribution is -2.58. The molecule has 4 rings (SSSR count). The average molecular weight is 419 g/mol. The lowest BCUT2D eigenvalue weighted by atomic mass is 9.75. The summed E-state index contributed by atoms with van der Waals surface area (Å²) in [6.07, 6.45) is 4.55. The molecular weight excluding hydrogens is 384 g/mol. The summed E-state index contributed by atoms with van der Waals surface area (Å²) in [5.74, 6) is 3.04. The number of anilines is 1. The summed E-state index contributed by atoms with van der Waals surface area (Å²) in [6.45, 7) is 9.23. The minimum absolute atomic E-state index is 0.550. The number of rotatable bonds is 9. The highest BCUT2D eigenvalue weighted by Crippen LogP contribution is 2.36. The molecule has 4 atom stereocenters. The smallest absolute Gasteiger partial charge is 0.170 e. The molecule has 1 aromatic rings. The molecule has 0 amide bonds. The first-order chi connectivity index (χ1) is 14.0. The number of thiocarbonyl (C=S) groups is 1. The molecule has 0 aliphatic carbocycles. The van der Waals surface area contributed by atoms with Crippen LogP contribution in [0.1, 0.15) is 12.8 Å². The third-order valence-corrected chi connectivity index (χ3v) is 6.35. The lowest BCUT2D eigenvalue weighted by Gasteiger charge is -2.50. The molecule has 1 unspecified atom stereocenters. The molecule has 160 valence electrons. The average Bonchev–Trinajstić information content (AvgIpc) is 2.72. The largest absolute Gasteiger partial charge is 0.497 e. The van der Waals surface area contributed by atoms with Gasteiger partial charge in [-0.15, -0.1) is 6.58 Å². The van der Waals surface area contributed by atoms with Crippen molar-refractivity contribution in [1.29, 1.82) is 0 Å². The first kappa shape index (κ1) is 21.9. The first-order valence-corrected chi connectivity index (χ1v) is 10.7. The van der Waals surface area contributed by atoms with Gasteiger partial charge >= 0.3 is 0 Å². The van der Waals surface area contributed by atoms with Gasteiger partial charge in [-0.3, -0.25) is 4.90 Å². The fourth-order valence-electron chi connectivity index (χ4n) is 4.63. The third-order valence-electron chi connectivity index (χ3n) is 6.11. The molecule has 0 saturated carbocycles. The maximum Gasteiger partial charge on any atom is 0.170 e. The van der Waals surface area contributed by atoms with Gasteiger partial charge in [0.05, 0.1) is 14.2 Å². The maximum absolute atomic E-state index is 5.52. The van der Waals surface area contributed by atoms with Gasteiger partial charge in [-0.05, 0) is 50.5 Å². The molecule has 0 radical (unpaired) electrons. The fraction of sp³-hybridized carbons (Fsp3) is 0.591. The van der Waals surface area contributed by atoms with Gasteiger partial charge in [0.15, 0.2) is 5.11 Å². The number of methoxy groups -OCH3 is 2. The minimum Gasteiger partial charge on any atom is -0.497 e. The number of nitrogens with one attached hydrogen (secondary N) is 2. The summed E-state index contributed by atoms with van der Waals surface area (Å²) < 4.78 is 10.6. The molecule has 3 fully saturated rings. The zero-order valence-electron chi connectivity index (χ0n) is 17.8. The number of hydrogen-bond donors (Lipinski definition) is 2. The summed E-state index contributed by atoms with van der Waals surface area (Å²) in [4.78, 5) is 5.02. The van der Waals surface area contributed by atoms with Crippen LogP contribution in [0.15, 0.2) is 30.9 Å². The molecule has 6 nitrogen and oxygen atoms in total. The summed E-state index contributed by atoms with van der Waals surface area (Å²) in [7, 11) is 5.48. The highest BCUT2D eigenvalue weighted by atomic mass is 32.1. The number of piperidine rings is 3. The number of hydrogen-bond acceptors (Lipinski definition) is 5. The van der Waals surface area contributed by atoms with Crippen molar-refractivity contribution in [3.63, 3.8) is 0 Å². The van der Waals surface area contributed by atoms with Crippen LogP contribution >= 0.6 is 12.2 Å². The number of nitrogens with zero attached hydrogens (tertiary/aromatic N) is 2. The molecule has 0 spiro atoms. The van der Waals surface area contributed by atoms with Crippen LogP contribution in [0.3, 0.4) is 0 Å². The van der Waals surface area contributed by atoms with Gasteiger partial charge < -0.3 is 25.0 Å². The Morgan fingerprint density at radius 1 is 1.31 bits per heavy atom. The highest BCUT2D eigenvalue weighted by Gasteiger charge is 2.40. The van der Waals surface area contributed by atoms with Crippen molar-refractivity contribution in [2.24, 2.45) is 11.8 Å². The van der Waals surface area contributed by atoms with E-state index in [1.807, 2.05) is 24.3 Å². The van der Waals surface area contributed by atoms with Gasteiger partial charge in [-0.25, -0.2) is 0 Å². The van der Waals surface area contributed by atoms with Crippen LogP contribution in [-0.2, 0) is 0 Å². The Balaban J connectivity index is 1.49. The summed E-state index contributed by atoms with van der Waals surface area (Å²) in [5, 5.41) is 7.29. The van der Waals surface area contributed by atoms with Crippen LogP contribution in [-0.4, -0.2) is 74.9 Å². The highest BCUT2D eigenvalue weighted by molar-refractivity contribution is 7.80. The molecule has 0 aromatic heterocycles. The molecule has 3 saturated heterocycles. The Bertz CT molecular complexity index is 692. The van der Waals surface area contributed by atoms with Crippen LogP contribution in [0.2, 0.25) is 0 Å². The molecule has 3 heterocycles. The Morgan fingerprint density at radius 2 is 2.03 bits per heavy atom. The van der Waals surface area contributed by atoms with Gasteiger partial charge in [-0.1, -0.05) is 6.08 Å². The van der Waals surface area contributed by atoms with Crippen LogP contribution < -0.4 is 20.1 Å². The summed E-state index contributed by atoms with van der Waals surface area (Å²) >= 11 is 5.52. The van der Waals surface area contributed by atoms with Crippen molar-refractivity contribution in [3.05, 3.63) is 30.9 Å². The van der Waals surface area contributed by atoms with Crippen molar-refractivity contribution in [1.82, 2.24) is 15.1 Å². The van der Waals surface area contributed by atoms with Crippen molar-refractivity contribution < 1.29 is 9.47 Å². The van der Waals surface area contributed by atoms with Crippen molar-refractivity contribution in [3.8, 4) is 11.5 Å². The predicted octanol–water partition coefficient (Wildman–Crippen LogP) is 2.82. The van der Waals surface area contributed by atoms with Crippen LogP contribution in [0.5, 0.6) is 11.5 Å². The van der Waals surface area contributed by atoms with E-state index < -0.39 is 0 Å². The second kappa shape index (κ2) is 10.3. The topological polar surface area (TPSA) is 49.0 Å². The second-order valence-corrected chi connectivity index (χ2v) is 8.55. The summed E-state index contributed by atoms with van der Waals surface area (Å²) in [5.41, 5.74) is 0.856. The van der Waals surface area contributed by atoms with Crippen molar-refractivity contribution >= 4 is 23.0 Å². The molecule has 3 aliphatic rings. The lowest BCUT2D eigenvalue weighted by molar-refractivity contribution is -0.00663. The van der Waals surface area contributed by atoms with Crippen molar-refractivity contribution in [2.45, 2.75) is 18.9 Å². The van der Waals surface area contributed by atoms with E-state index in [9.17, 15) is 0 Å². The number of benzene rings is 1. The van der Waals surface area contributed by atoms with Gasteiger partial charge in [0.25, 0.3) is 0 Å². The zero-order chi connectivity index (χ0) is 20.8. The molecule has 7 heteroatoms. The standard InChI is InChI=1S/C22H34N4O2S/c1-5-7-25(2)14-17-15-26-8-6-16(17)9-19(26)13-23-22(29)24-18-10-20(27-3)12-21(11-18)28-4/h5,10-12,16-17,19H,1,6-9,13-15H2,2-4H3,(H2,23,24,29)/t16-,17-,19+/m0/s1. The van der Waals surface area contributed by atoms with E-state index in [4.69, 9.17) is 21.7 Å². The molecule has 2 bridgehead atoms. The number of fused-ring (bicyclic) bond motifs is 3. The molecule has 3 aliphatic heterocycles. The van der Waals surface area contributed by atoms with E-state index in [0.717, 1.165) is 48.7 Å². The number of likely N-dealkylation sites (N-methyl/N-ethyl adjacent to an activating group) is 1. The maximum atomic E-state index is 5.52. The quantitative estimate of drug-likeness (QED) is 0.472. The zero-order valence-corrected chi connectivity index (χ0v) is 18.6. The summed E-state index contributed by atoms with van der Waals surface area (Å²) in [6, 6.07) is 6.21. The monoisotopic (exact) mass is 418 g/mol. The Labute approximate surface area is 180 Å². The van der Waals surface area contributed by atoms with E-state index >= 15 is 0 Å². The number of ether oxygens (including phenoxy) is 2. The predicted molar refractivity (Wildman–Crippen MR) is 123 cm³/mol. The Morgan fingerprint density at radius 3 is 2.62 bits per heavy atom. The van der Waals surface area contributed by atoms with E-state index in [1.54, 1.807) is 14.2 Å². The van der Waals surface area contributed by atoms with Gasteiger partial charge in [0.1, 0.15) is 11.5 Å². The SMILES string of the molecule is C=CCN(C)C[C@H]1CN2CC[C@H]1C[C@@H]2CNC(=S)Nc1cc(OC)cc(OC)c1. The van der Waals surface area contributed by atoms with Crippen LogP contribution in [0, 0.1) is 11.8 Å². The Hall–Kier alpha value is -1.83. The molecular formula is C22H34N4O2S. The van der Waals surface area contributed by atoms with Crippen LogP contribution in [0.25, 0.3) is 0 Å². The van der Waals surface area contributed by atoms with E-state index in [2.05, 4.69) is 34.1 Å². The van der Waals surface area contributed by atoms with Crippen molar-refractivity contribution in [2.75, 3.05) is 59.3 Å².